The number of halogens is 2. The van der Waals surface area contributed by atoms with Crippen LogP contribution in [0.25, 0.3) is 0 Å². The predicted molar refractivity (Wildman–Crippen MR) is 84.2 cm³/mol. The lowest BCUT2D eigenvalue weighted by Crippen LogP contribution is -2.35. The van der Waals surface area contributed by atoms with Crippen LogP contribution in [0, 0.1) is 15.5 Å². The fraction of sp³-hybridized carbons (Fsp3) is 0.571. The topological polar surface area (TPSA) is 75.4 Å². The Kier molecular flexibility index (Phi) is 5.30. The Bertz CT molecular complexity index is 508. The zero-order valence-electron chi connectivity index (χ0n) is 11.6. The Morgan fingerprint density at radius 1 is 1.24 bits per heavy atom. The highest BCUT2D eigenvalue weighted by atomic mass is 35.5. The molecule has 1 aromatic carbocycles. The van der Waals surface area contributed by atoms with Gasteiger partial charge in [0.2, 0.25) is 0 Å². The third-order valence-corrected chi connectivity index (χ3v) is 4.72. The fourth-order valence-electron chi connectivity index (χ4n) is 2.80. The van der Waals surface area contributed by atoms with Crippen molar-refractivity contribution in [2.45, 2.75) is 32.1 Å². The standard InChI is InChI=1S/C14H18Cl2N2O3/c15-11-6-10(18(20)21)7-12(16)13(11)17-8-14(9-19)4-2-1-3-5-14/h6-7,17,19H,1-5,8-9H2. The number of anilines is 1. The summed E-state index contributed by atoms with van der Waals surface area (Å²) >= 11 is 12.1. The fourth-order valence-corrected chi connectivity index (χ4v) is 3.41. The van der Waals surface area contributed by atoms with E-state index in [9.17, 15) is 15.2 Å². The van der Waals surface area contributed by atoms with Gasteiger partial charge in [-0.25, -0.2) is 0 Å². The van der Waals surface area contributed by atoms with Crippen molar-refractivity contribution in [2.24, 2.45) is 5.41 Å². The molecule has 2 rings (SSSR count). The van der Waals surface area contributed by atoms with Crippen LogP contribution in [0.2, 0.25) is 10.0 Å². The molecule has 0 aliphatic heterocycles. The summed E-state index contributed by atoms with van der Waals surface area (Å²) in [5, 5.41) is 24.0. The molecular formula is C14H18Cl2N2O3. The average Bonchev–Trinajstić information content (AvgIpc) is 2.47. The molecule has 0 saturated heterocycles. The quantitative estimate of drug-likeness (QED) is 0.624. The van der Waals surface area contributed by atoms with E-state index in [1.165, 1.54) is 18.6 Å². The Hall–Kier alpha value is -1.04. The van der Waals surface area contributed by atoms with Gasteiger partial charge >= 0.3 is 0 Å². The molecule has 0 aromatic heterocycles. The summed E-state index contributed by atoms with van der Waals surface area (Å²) in [6, 6.07) is 2.56. The van der Waals surface area contributed by atoms with Crippen molar-refractivity contribution in [1.82, 2.24) is 0 Å². The SMILES string of the molecule is O=[N+]([O-])c1cc(Cl)c(NCC2(CO)CCCCC2)c(Cl)c1. The van der Waals surface area contributed by atoms with E-state index in [4.69, 9.17) is 23.2 Å². The molecule has 0 spiro atoms. The molecule has 1 aromatic rings. The minimum absolute atomic E-state index is 0.113. The van der Waals surface area contributed by atoms with Gasteiger partial charge in [0.25, 0.3) is 5.69 Å². The highest BCUT2D eigenvalue weighted by Gasteiger charge is 2.31. The first-order valence-corrected chi connectivity index (χ1v) is 7.71. The van der Waals surface area contributed by atoms with Crippen molar-refractivity contribution in [3.63, 3.8) is 0 Å². The predicted octanol–water partition coefficient (Wildman–Crippen LogP) is 4.26. The number of rotatable bonds is 5. The second kappa shape index (κ2) is 6.81. The van der Waals surface area contributed by atoms with Crippen LogP contribution in [-0.2, 0) is 0 Å². The van der Waals surface area contributed by atoms with E-state index in [0.717, 1.165) is 25.7 Å². The maximum absolute atomic E-state index is 10.8. The van der Waals surface area contributed by atoms with Crippen molar-refractivity contribution < 1.29 is 10.0 Å². The van der Waals surface area contributed by atoms with Crippen LogP contribution in [0.1, 0.15) is 32.1 Å². The molecule has 116 valence electrons. The van der Waals surface area contributed by atoms with E-state index in [-0.39, 0.29) is 27.8 Å². The average molecular weight is 333 g/mol. The zero-order chi connectivity index (χ0) is 15.5. The van der Waals surface area contributed by atoms with E-state index in [2.05, 4.69) is 5.32 Å². The van der Waals surface area contributed by atoms with E-state index in [1.54, 1.807) is 0 Å². The van der Waals surface area contributed by atoms with Crippen molar-refractivity contribution in [3.05, 3.63) is 32.3 Å². The van der Waals surface area contributed by atoms with Gasteiger partial charge in [-0.15, -0.1) is 0 Å². The number of non-ortho nitro benzene ring substituents is 1. The third kappa shape index (κ3) is 3.78. The molecule has 1 aliphatic carbocycles. The van der Waals surface area contributed by atoms with Crippen molar-refractivity contribution >= 4 is 34.6 Å². The number of aliphatic hydroxyl groups is 1. The van der Waals surface area contributed by atoms with Gasteiger partial charge in [0, 0.05) is 24.1 Å². The molecule has 0 radical (unpaired) electrons. The van der Waals surface area contributed by atoms with E-state index in [0.29, 0.717) is 12.2 Å². The molecule has 0 unspecified atom stereocenters. The van der Waals surface area contributed by atoms with Gasteiger partial charge in [-0.3, -0.25) is 10.1 Å². The monoisotopic (exact) mass is 332 g/mol. The summed E-state index contributed by atoms with van der Waals surface area (Å²) in [6.07, 6.45) is 5.31. The minimum atomic E-state index is -0.530. The molecule has 1 fully saturated rings. The lowest BCUT2D eigenvalue weighted by molar-refractivity contribution is -0.384. The molecule has 7 heteroatoms. The summed E-state index contributed by atoms with van der Waals surface area (Å²) in [5.74, 6) is 0. The minimum Gasteiger partial charge on any atom is -0.396 e. The Morgan fingerprint density at radius 3 is 2.29 bits per heavy atom. The third-order valence-electron chi connectivity index (χ3n) is 4.13. The number of nitro groups is 1. The van der Waals surface area contributed by atoms with Gasteiger partial charge in [-0.1, -0.05) is 42.5 Å². The Morgan fingerprint density at radius 2 is 1.81 bits per heavy atom. The molecule has 0 atom stereocenters. The van der Waals surface area contributed by atoms with Gasteiger partial charge in [0.1, 0.15) is 0 Å². The first kappa shape index (κ1) is 16.3. The summed E-state index contributed by atoms with van der Waals surface area (Å²) in [6.45, 7) is 0.670. The maximum Gasteiger partial charge on any atom is 0.272 e. The van der Waals surface area contributed by atoms with Crippen LogP contribution >= 0.6 is 23.2 Å². The Balaban J connectivity index is 2.14. The molecule has 2 N–H and O–H groups in total. The van der Waals surface area contributed by atoms with Gasteiger partial charge in [0.15, 0.2) is 0 Å². The first-order chi connectivity index (χ1) is 9.97. The number of benzene rings is 1. The highest BCUT2D eigenvalue weighted by Crippen LogP contribution is 2.39. The van der Waals surface area contributed by atoms with Crippen molar-refractivity contribution in [2.75, 3.05) is 18.5 Å². The second-order valence-electron chi connectivity index (χ2n) is 5.61. The van der Waals surface area contributed by atoms with Crippen LogP contribution in [-0.4, -0.2) is 23.2 Å². The molecule has 0 heterocycles. The molecule has 0 bridgehead atoms. The van der Waals surface area contributed by atoms with Gasteiger partial charge in [-0.2, -0.15) is 0 Å². The van der Waals surface area contributed by atoms with Crippen LogP contribution in [0.4, 0.5) is 11.4 Å². The molecule has 1 aliphatic rings. The lowest BCUT2D eigenvalue weighted by Gasteiger charge is -2.36. The van der Waals surface area contributed by atoms with E-state index in [1.807, 2.05) is 0 Å². The largest absolute Gasteiger partial charge is 0.396 e. The lowest BCUT2D eigenvalue weighted by atomic mass is 9.74. The summed E-state index contributed by atoms with van der Waals surface area (Å²) in [7, 11) is 0. The summed E-state index contributed by atoms with van der Waals surface area (Å²) < 4.78 is 0. The van der Waals surface area contributed by atoms with Crippen LogP contribution in [0.15, 0.2) is 12.1 Å². The number of aliphatic hydroxyl groups excluding tert-OH is 1. The number of nitrogens with zero attached hydrogens (tertiary/aromatic N) is 1. The van der Waals surface area contributed by atoms with Gasteiger partial charge in [0.05, 0.1) is 27.3 Å². The highest BCUT2D eigenvalue weighted by molar-refractivity contribution is 6.39. The Labute approximate surface area is 133 Å². The number of hydrogen-bond donors (Lipinski definition) is 2. The van der Waals surface area contributed by atoms with E-state index >= 15 is 0 Å². The normalized spacial score (nSPS) is 17.5. The van der Waals surface area contributed by atoms with Crippen LogP contribution < -0.4 is 5.32 Å². The van der Waals surface area contributed by atoms with Crippen molar-refractivity contribution in [1.29, 1.82) is 0 Å². The number of hydrogen-bond acceptors (Lipinski definition) is 4. The summed E-state index contributed by atoms with van der Waals surface area (Å²) in [5.41, 5.74) is 0.194. The van der Waals surface area contributed by atoms with Gasteiger partial charge in [-0.05, 0) is 12.8 Å². The molecule has 5 nitrogen and oxygen atoms in total. The van der Waals surface area contributed by atoms with Crippen LogP contribution in [0.3, 0.4) is 0 Å². The first-order valence-electron chi connectivity index (χ1n) is 6.96. The number of nitro benzene ring substituents is 1. The molecular weight excluding hydrogens is 315 g/mol. The molecule has 1 saturated carbocycles. The van der Waals surface area contributed by atoms with Gasteiger partial charge < -0.3 is 10.4 Å². The number of nitrogens with one attached hydrogen (secondary N) is 1. The molecule has 21 heavy (non-hydrogen) atoms. The van der Waals surface area contributed by atoms with E-state index < -0.39 is 4.92 Å². The maximum atomic E-state index is 10.8. The second-order valence-corrected chi connectivity index (χ2v) is 6.43. The smallest absolute Gasteiger partial charge is 0.272 e. The summed E-state index contributed by atoms with van der Waals surface area (Å²) in [4.78, 5) is 10.2. The zero-order valence-corrected chi connectivity index (χ0v) is 13.1. The van der Waals surface area contributed by atoms with Crippen LogP contribution in [0.5, 0.6) is 0 Å². The van der Waals surface area contributed by atoms with Crippen molar-refractivity contribution in [3.8, 4) is 0 Å². The molecule has 0 amide bonds.